The first-order valence-electron chi connectivity index (χ1n) is 5.47. The average Bonchev–Trinajstić information content (AvgIpc) is 2.77. The van der Waals surface area contributed by atoms with E-state index >= 15 is 0 Å². The van der Waals surface area contributed by atoms with Crippen molar-refractivity contribution in [1.29, 1.82) is 0 Å². The van der Waals surface area contributed by atoms with Gasteiger partial charge in [0.1, 0.15) is 6.10 Å². The number of imidazole rings is 1. The zero-order valence-electron chi connectivity index (χ0n) is 9.51. The summed E-state index contributed by atoms with van der Waals surface area (Å²) in [6.45, 7) is 3.96. The number of aromatic amines is 1. The number of hydrogen-bond acceptors (Lipinski definition) is 2. The fourth-order valence-corrected chi connectivity index (χ4v) is 1.68. The Morgan fingerprint density at radius 3 is 2.50 bits per heavy atom. The van der Waals surface area contributed by atoms with E-state index < -0.39 is 6.10 Å². The quantitative estimate of drug-likeness (QED) is 0.828. The summed E-state index contributed by atoms with van der Waals surface area (Å²) in [6.07, 6.45) is 1.10. The Bertz CT molecular complexity index is 448. The minimum atomic E-state index is -0.526. The highest BCUT2D eigenvalue weighted by Crippen LogP contribution is 2.28. The summed E-state index contributed by atoms with van der Waals surface area (Å²) in [7, 11) is 0. The Hall–Kier alpha value is -1.61. The van der Waals surface area contributed by atoms with Crippen LogP contribution in [0.15, 0.2) is 36.7 Å². The van der Waals surface area contributed by atoms with Crippen LogP contribution in [-0.4, -0.2) is 15.1 Å². The van der Waals surface area contributed by atoms with E-state index in [1.54, 1.807) is 6.33 Å². The second-order valence-electron chi connectivity index (χ2n) is 4.22. The highest BCUT2D eigenvalue weighted by molar-refractivity contribution is 5.61. The maximum Gasteiger partial charge on any atom is 0.100 e. The van der Waals surface area contributed by atoms with E-state index in [1.807, 2.05) is 44.2 Å². The SMILES string of the molecule is CC(C)C(O)c1nc[nH]c1-c1ccccc1. The number of nitrogens with one attached hydrogen (secondary N) is 1. The third-order valence-electron chi connectivity index (χ3n) is 2.64. The zero-order chi connectivity index (χ0) is 11.5. The van der Waals surface area contributed by atoms with Gasteiger partial charge in [-0.15, -0.1) is 0 Å². The summed E-state index contributed by atoms with van der Waals surface area (Å²) in [4.78, 5) is 7.29. The van der Waals surface area contributed by atoms with Crippen LogP contribution in [0.1, 0.15) is 25.6 Å². The Labute approximate surface area is 95.2 Å². The molecule has 1 aromatic carbocycles. The first-order chi connectivity index (χ1) is 7.70. The lowest BCUT2D eigenvalue weighted by Crippen LogP contribution is -2.07. The van der Waals surface area contributed by atoms with E-state index in [0.29, 0.717) is 0 Å². The third kappa shape index (κ3) is 1.99. The van der Waals surface area contributed by atoms with Crippen LogP contribution in [0.5, 0.6) is 0 Å². The van der Waals surface area contributed by atoms with Gasteiger partial charge in [0, 0.05) is 0 Å². The molecule has 0 saturated carbocycles. The maximum absolute atomic E-state index is 10.0. The number of H-pyrrole nitrogens is 1. The fraction of sp³-hybridized carbons (Fsp3) is 0.308. The fourth-order valence-electron chi connectivity index (χ4n) is 1.68. The molecule has 3 heteroatoms. The van der Waals surface area contributed by atoms with Crippen LogP contribution in [0.4, 0.5) is 0 Å². The van der Waals surface area contributed by atoms with Gasteiger partial charge in [0.05, 0.1) is 17.7 Å². The van der Waals surface area contributed by atoms with Gasteiger partial charge in [-0.1, -0.05) is 44.2 Å². The van der Waals surface area contributed by atoms with Gasteiger partial charge in [0.15, 0.2) is 0 Å². The van der Waals surface area contributed by atoms with Crippen LogP contribution in [0, 0.1) is 5.92 Å². The van der Waals surface area contributed by atoms with Crippen LogP contribution < -0.4 is 0 Å². The molecule has 84 valence electrons. The lowest BCUT2D eigenvalue weighted by Gasteiger charge is -2.13. The minimum Gasteiger partial charge on any atom is -0.386 e. The van der Waals surface area contributed by atoms with Crippen molar-refractivity contribution in [2.75, 3.05) is 0 Å². The Morgan fingerprint density at radius 2 is 1.88 bits per heavy atom. The summed E-state index contributed by atoms with van der Waals surface area (Å²) < 4.78 is 0. The molecule has 0 spiro atoms. The van der Waals surface area contributed by atoms with Crippen molar-refractivity contribution in [3.05, 3.63) is 42.4 Å². The van der Waals surface area contributed by atoms with Gasteiger partial charge < -0.3 is 10.1 Å². The molecule has 0 amide bonds. The summed E-state index contributed by atoms with van der Waals surface area (Å²) in [5, 5.41) is 10.0. The highest BCUT2D eigenvalue weighted by Gasteiger charge is 2.19. The summed E-state index contributed by atoms with van der Waals surface area (Å²) >= 11 is 0. The number of hydrogen-bond donors (Lipinski definition) is 2. The topological polar surface area (TPSA) is 48.9 Å². The molecule has 2 rings (SSSR count). The molecule has 1 unspecified atom stereocenters. The average molecular weight is 216 g/mol. The molecular weight excluding hydrogens is 200 g/mol. The van der Waals surface area contributed by atoms with E-state index in [0.717, 1.165) is 17.0 Å². The van der Waals surface area contributed by atoms with Crippen molar-refractivity contribution in [2.45, 2.75) is 20.0 Å². The van der Waals surface area contributed by atoms with Crippen LogP contribution >= 0.6 is 0 Å². The molecule has 0 aliphatic rings. The number of nitrogens with zero attached hydrogens (tertiary/aromatic N) is 1. The molecule has 0 radical (unpaired) electrons. The lowest BCUT2D eigenvalue weighted by molar-refractivity contribution is 0.123. The van der Waals surface area contributed by atoms with E-state index in [9.17, 15) is 5.11 Å². The Balaban J connectivity index is 2.40. The van der Waals surface area contributed by atoms with Crippen molar-refractivity contribution in [1.82, 2.24) is 9.97 Å². The van der Waals surface area contributed by atoms with Crippen LogP contribution in [-0.2, 0) is 0 Å². The van der Waals surface area contributed by atoms with Gasteiger partial charge in [0.2, 0.25) is 0 Å². The van der Waals surface area contributed by atoms with E-state index in [4.69, 9.17) is 0 Å². The maximum atomic E-state index is 10.0. The molecule has 2 aromatic rings. The normalized spacial score (nSPS) is 13.0. The predicted octanol–water partition coefficient (Wildman–Crippen LogP) is 2.77. The molecule has 0 aliphatic heterocycles. The second-order valence-corrected chi connectivity index (χ2v) is 4.22. The standard InChI is InChI=1S/C13H16N2O/c1-9(2)13(16)12-11(14-8-15-12)10-6-4-3-5-7-10/h3-9,13,16H,1-2H3,(H,14,15). The van der Waals surface area contributed by atoms with E-state index in [1.165, 1.54) is 0 Å². The molecule has 0 fully saturated rings. The van der Waals surface area contributed by atoms with Gasteiger partial charge in [0.25, 0.3) is 0 Å². The van der Waals surface area contributed by atoms with E-state index in [2.05, 4.69) is 9.97 Å². The first kappa shape index (κ1) is 10.9. The number of rotatable bonds is 3. The molecule has 0 saturated heterocycles. The molecule has 3 nitrogen and oxygen atoms in total. The zero-order valence-corrected chi connectivity index (χ0v) is 9.51. The van der Waals surface area contributed by atoms with Crippen molar-refractivity contribution in [2.24, 2.45) is 5.92 Å². The minimum absolute atomic E-state index is 0.158. The first-order valence-corrected chi connectivity index (χ1v) is 5.47. The highest BCUT2D eigenvalue weighted by atomic mass is 16.3. The van der Waals surface area contributed by atoms with Crippen molar-refractivity contribution < 1.29 is 5.11 Å². The molecule has 1 heterocycles. The van der Waals surface area contributed by atoms with Crippen molar-refractivity contribution in [3.63, 3.8) is 0 Å². The van der Waals surface area contributed by atoms with Gasteiger partial charge in [-0.25, -0.2) is 4.98 Å². The molecule has 2 N–H and O–H groups in total. The molecule has 0 aliphatic carbocycles. The molecule has 16 heavy (non-hydrogen) atoms. The second kappa shape index (κ2) is 4.49. The molecular formula is C13H16N2O. The van der Waals surface area contributed by atoms with Gasteiger partial charge in [-0.2, -0.15) is 0 Å². The van der Waals surface area contributed by atoms with Crippen LogP contribution in [0.25, 0.3) is 11.3 Å². The van der Waals surface area contributed by atoms with Crippen molar-refractivity contribution in [3.8, 4) is 11.3 Å². The number of aliphatic hydroxyl groups is 1. The monoisotopic (exact) mass is 216 g/mol. The Morgan fingerprint density at radius 1 is 1.19 bits per heavy atom. The summed E-state index contributed by atoms with van der Waals surface area (Å²) in [6, 6.07) is 9.93. The van der Waals surface area contributed by atoms with Gasteiger partial charge in [-0.3, -0.25) is 0 Å². The predicted molar refractivity (Wildman–Crippen MR) is 63.8 cm³/mol. The van der Waals surface area contributed by atoms with Gasteiger partial charge >= 0.3 is 0 Å². The lowest BCUT2D eigenvalue weighted by atomic mass is 10.00. The molecule has 0 bridgehead atoms. The van der Waals surface area contributed by atoms with Crippen LogP contribution in [0.3, 0.4) is 0 Å². The van der Waals surface area contributed by atoms with Crippen LogP contribution in [0.2, 0.25) is 0 Å². The summed E-state index contributed by atoms with van der Waals surface area (Å²) in [5.74, 6) is 0.158. The number of aromatic nitrogens is 2. The van der Waals surface area contributed by atoms with Crippen molar-refractivity contribution >= 4 is 0 Å². The molecule has 1 aromatic heterocycles. The molecule has 1 atom stereocenters. The summed E-state index contributed by atoms with van der Waals surface area (Å²) in [5.41, 5.74) is 2.68. The van der Waals surface area contributed by atoms with Gasteiger partial charge in [-0.05, 0) is 11.5 Å². The number of aliphatic hydroxyl groups excluding tert-OH is 1. The van der Waals surface area contributed by atoms with E-state index in [-0.39, 0.29) is 5.92 Å². The Kier molecular flexibility index (Phi) is 3.06. The number of benzene rings is 1. The smallest absolute Gasteiger partial charge is 0.100 e. The largest absolute Gasteiger partial charge is 0.386 e. The third-order valence-corrected chi connectivity index (χ3v) is 2.64.